The van der Waals surface area contributed by atoms with E-state index in [1.165, 1.54) is 0 Å². The van der Waals surface area contributed by atoms with Crippen molar-refractivity contribution in [1.82, 2.24) is 36.5 Å². The van der Waals surface area contributed by atoms with Crippen LogP contribution in [0.25, 0.3) is 11.2 Å². The van der Waals surface area contributed by atoms with Crippen molar-refractivity contribution in [1.29, 1.82) is 0 Å². The van der Waals surface area contributed by atoms with Gasteiger partial charge in [0.15, 0.2) is 17.1 Å². The van der Waals surface area contributed by atoms with Crippen molar-refractivity contribution in [2.45, 2.75) is 18.3 Å². The third-order valence-electron chi connectivity index (χ3n) is 5.79. The second kappa shape index (κ2) is 8.87. The third kappa shape index (κ3) is 3.64. The fourth-order valence-corrected chi connectivity index (χ4v) is 4.24. The van der Waals surface area contributed by atoms with Crippen LogP contribution in [0.15, 0.2) is 66.7 Å². The smallest absolute Gasteiger partial charge is 0.221 e. The predicted octanol–water partition coefficient (Wildman–Crippen LogP) is 0.798. The summed E-state index contributed by atoms with van der Waals surface area (Å²) in [7, 11) is 1.57. The lowest BCUT2D eigenvalue weighted by atomic mass is 9.85. The van der Waals surface area contributed by atoms with Crippen LogP contribution in [0.2, 0.25) is 0 Å². The van der Waals surface area contributed by atoms with Gasteiger partial charge in [-0.1, -0.05) is 60.7 Å². The summed E-state index contributed by atoms with van der Waals surface area (Å²) in [5, 5.41) is 12.3. The van der Waals surface area contributed by atoms with Crippen LogP contribution in [0.5, 0.6) is 5.88 Å². The molecule has 10 nitrogen and oxygen atoms in total. The monoisotopic (exact) mass is 446 g/mol. The van der Waals surface area contributed by atoms with Crippen LogP contribution in [0.3, 0.4) is 0 Å². The van der Waals surface area contributed by atoms with Gasteiger partial charge in [-0.05, 0) is 17.2 Å². The van der Waals surface area contributed by atoms with Crippen LogP contribution in [0.1, 0.15) is 28.7 Å². The molecule has 2 aromatic heterocycles. The van der Waals surface area contributed by atoms with Gasteiger partial charge < -0.3 is 20.1 Å². The number of methoxy groups -OCH3 is 1. The number of rotatable bonds is 7. The molecule has 1 aliphatic heterocycles. The number of hydrogen-bond acceptors (Lipinski definition) is 9. The Morgan fingerprint density at radius 1 is 1.00 bits per heavy atom. The van der Waals surface area contributed by atoms with Gasteiger partial charge in [0, 0.05) is 13.1 Å². The van der Waals surface area contributed by atoms with E-state index in [4.69, 9.17) is 15.5 Å². The van der Waals surface area contributed by atoms with E-state index < -0.39 is 5.60 Å². The first-order valence-corrected chi connectivity index (χ1v) is 10.7. The number of pyridine rings is 1. The highest BCUT2D eigenvalue weighted by Gasteiger charge is 2.39. The molecule has 7 N–H and O–H groups in total. The lowest BCUT2D eigenvalue weighted by Crippen LogP contribution is -2.33. The van der Waals surface area contributed by atoms with Gasteiger partial charge in [0.25, 0.3) is 0 Å². The maximum absolute atomic E-state index is 12.3. The lowest BCUT2D eigenvalue weighted by Gasteiger charge is -2.29. The Balaban J connectivity index is 1.79. The fourth-order valence-electron chi connectivity index (χ4n) is 4.24. The molecule has 0 amide bonds. The highest BCUT2D eigenvalue weighted by molar-refractivity contribution is 5.75. The summed E-state index contributed by atoms with van der Waals surface area (Å²) in [6.45, 7) is 0.811. The van der Waals surface area contributed by atoms with Crippen molar-refractivity contribution < 1.29 is 9.84 Å². The number of nitrogens with one attached hydrogen (secondary N) is 4. The van der Waals surface area contributed by atoms with Gasteiger partial charge in [0.2, 0.25) is 5.88 Å². The Morgan fingerprint density at radius 2 is 1.61 bits per heavy atom. The summed E-state index contributed by atoms with van der Waals surface area (Å²) in [4.78, 5) is 9.49. The number of fused-ring (bicyclic) bond motifs is 1. The van der Waals surface area contributed by atoms with Crippen molar-refractivity contribution >= 4 is 11.2 Å². The average Bonchev–Trinajstić information content (AvgIpc) is 3.53. The molecule has 0 atom stereocenters. The predicted molar refractivity (Wildman–Crippen MR) is 123 cm³/mol. The third-order valence-corrected chi connectivity index (χ3v) is 5.79. The Kier molecular flexibility index (Phi) is 5.77. The van der Waals surface area contributed by atoms with Gasteiger partial charge in [-0.15, -0.1) is 0 Å². The molecule has 33 heavy (non-hydrogen) atoms. The zero-order valence-corrected chi connectivity index (χ0v) is 18.1. The molecule has 1 fully saturated rings. The summed E-state index contributed by atoms with van der Waals surface area (Å²) >= 11 is 0. The highest BCUT2D eigenvalue weighted by Crippen LogP contribution is 2.38. The largest absolute Gasteiger partial charge is 0.481 e. The minimum Gasteiger partial charge on any atom is -0.481 e. The topological polar surface area (TPSA) is 134 Å². The minimum atomic E-state index is -1.52. The number of hydrogen-bond donors (Lipinski definition) is 6. The van der Waals surface area contributed by atoms with E-state index in [1.807, 2.05) is 71.3 Å². The first-order valence-electron chi connectivity index (χ1n) is 10.7. The normalized spacial score (nSPS) is 14.8. The van der Waals surface area contributed by atoms with Gasteiger partial charge in [-0.3, -0.25) is 0 Å². The fraction of sp³-hybridized carbons (Fsp3) is 0.217. The Morgan fingerprint density at radius 3 is 2.15 bits per heavy atom. The Hall–Kier alpha value is -3.38. The summed E-state index contributed by atoms with van der Waals surface area (Å²) in [5.41, 5.74) is 19.6. The van der Waals surface area contributed by atoms with Crippen molar-refractivity contribution in [2.75, 3.05) is 13.7 Å². The molecule has 0 saturated carbocycles. The van der Waals surface area contributed by atoms with Crippen molar-refractivity contribution in [3.8, 4) is 5.88 Å². The van der Waals surface area contributed by atoms with Gasteiger partial charge in [-0.2, -0.15) is 16.1 Å². The minimum absolute atomic E-state index is 0.288. The zero-order chi connectivity index (χ0) is 22.8. The van der Waals surface area contributed by atoms with Crippen LogP contribution in [0.4, 0.5) is 0 Å². The quantitative estimate of drug-likeness (QED) is 0.244. The first kappa shape index (κ1) is 21.5. The number of nitrogens with two attached hydrogens (primary N) is 1. The number of nitrogens with zero attached hydrogens (tertiary/aromatic N) is 3. The second-order valence-electron chi connectivity index (χ2n) is 7.72. The van der Waals surface area contributed by atoms with Crippen LogP contribution >= 0.6 is 0 Å². The maximum atomic E-state index is 12.3. The van der Waals surface area contributed by atoms with E-state index in [-0.39, 0.29) is 6.17 Å². The van der Waals surface area contributed by atoms with Crippen LogP contribution in [-0.2, 0) is 12.1 Å². The molecule has 4 aromatic rings. The van der Waals surface area contributed by atoms with Gasteiger partial charge >= 0.3 is 0 Å². The summed E-state index contributed by atoms with van der Waals surface area (Å²) < 4.78 is 7.48. The van der Waals surface area contributed by atoms with Crippen LogP contribution in [0, 0.1) is 0 Å². The molecule has 170 valence electrons. The van der Waals surface area contributed by atoms with E-state index in [2.05, 4.69) is 26.9 Å². The first-order chi connectivity index (χ1) is 16.2. The molecule has 0 radical (unpaired) electrons. The van der Waals surface area contributed by atoms with Gasteiger partial charge in [0.05, 0.1) is 18.2 Å². The van der Waals surface area contributed by atoms with E-state index >= 15 is 0 Å². The van der Waals surface area contributed by atoms with E-state index in [9.17, 15) is 5.11 Å². The van der Waals surface area contributed by atoms with Gasteiger partial charge in [0.1, 0.15) is 6.17 Å². The number of imidazole rings is 1. The van der Waals surface area contributed by atoms with Crippen LogP contribution < -0.4 is 32.4 Å². The molecule has 10 heteroatoms. The highest BCUT2D eigenvalue weighted by atomic mass is 16.5. The average molecular weight is 447 g/mol. The van der Waals surface area contributed by atoms with E-state index in [0.29, 0.717) is 41.6 Å². The van der Waals surface area contributed by atoms with Gasteiger partial charge in [-0.25, -0.2) is 15.8 Å². The molecule has 3 heterocycles. The maximum Gasteiger partial charge on any atom is 0.221 e. The molecule has 0 unspecified atom stereocenters. The number of hydrazine groups is 3. The number of aliphatic hydroxyl groups is 1. The molecule has 0 spiro atoms. The van der Waals surface area contributed by atoms with Crippen LogP contribution in [-0.4, -0.2) is 33.3 Å². The number of ether oxygens (including phenoxy) is 1. The van der Waals surface area contributed by atoms with Crippen molar-refractivity contribution in [3.05, 3.63) is 89.2 Å². The Labute approximate surface area is 190 Å². The lowest BCUT2D eigenvalue weighted by molar-refractivity contribution is 0.112. The summed E-state index contributed by atoms with van der Waals surface area (Å²) in [5.74, 6) is 0.862. The molecule has 1 aliphatic rings. The standard InChI is InChI=1S/C23H26N8O2/c1-33-21-17(19-27-29-30-28-19)14-18-20(25-21)26-22(31(18)13-12-24)23(32,15-8-4-2-5-9-15)16-10-6-3-7-11-16/h2-11,14,19,27-30,32H,12-13,24H2,1H3. The second-order valence-corrected chi connectivity index (χ2v) is 7.72. The SMILES string of the molecule is COc1nc2nc(C(O)(c3ccccc3)c3ccccc3)n(CCN)c2cc1C1NNNN1. The molecule has 0 bridgehead atoms. The van der Waals surface area contributed by atoms with E-state index in [0.717, 1.165) is 11.1 Å². The Bertz CT molecular complexity index is 1200. The van der Waals surface area contributed by atoms with Crippen molar-refractivity contribution in [2.24, 2.45) is 5.73 Å². The summed E-state index contributed by atoms with van der Waals surface area (Å²) in [6, 6.07) is 20.9. The molecule has 0 aliphatic carbocycles. The molecule has 2 aromatic carbocycles. The molecular weight excluding hydrogens is 420 g/mol. The number of benzene rings is 2. The molecular formula is C23H26N8O2. The zero-order valence-electron chi connectivity index (χ0n) is 18.1. The van der Waals surface area contributed by atoms with Crippen molar-refractivity contribution in [3.63, 3.8) is 0 Å². The number of aromatic nitrogens is 3. The molecule has 1 saturated heterocycles. The molecule has 5 rings (SSSR count). The van der Waals surface area contributed by atoms with E-state index in [1.54, 1.807) is 7.11 Å². The summed E-state index contributed by atoms with van der Waals surface area (Å²) in [6.07, 6.45) is -0.288.